The number of ether oxygens (including phenoxy) is 1. The molecule has 0 spiro atoms. The second-order valence-corrected chi connectivity index (χ2v) is 3.43. The Labute approximate surface area is 91.6 Å². The van der Waals surface area contributed by atoms with E-state index in [0.717, 1.165) is 5.56 Å². The van der Waals surface area contributed by atoms with Gasteiger partial charge < -0.3 is 9.64 Å². The molecule has 1 aromatic rings. The van der Waals surface area contributed by atoms with Crippen LogP contribution in [0.4, 0.5) is 9.18 Å². The van der Waals surface area contributed by atoms with Crippen LogP contribution in [0.2, 0.25) is 0 Å². The summed E-state index contributed by atoms with van der Waals surface area (Å²) in [6.45, 7) is 0.687. The average molecular weight is 223 g/mol. The van der Waals surface area contributed by atoms with Crippen molar-refractivity contribution in [2.75, 3.05) is 13.7 Å². The molecule has 16 heavy (non-hydrogen) atoms. The number of nitrogens with zero attached hydrogens (tertiary/aromatic N) is 3. The van der Waals surface area contributed by atoms with Crippen molar-refractivity contribution in [2.24, 2.45) is 4.99 Å². The number of hydrogen-bond donors (Lipinski definition) is 0. The zero-order valence-corrected chi connectivity index (χ0v) is 8.68. The molecular formula is C10H10FN3O2. The van der Waals surface area contributed by atoms with Crippen LogP contribution < -0.4 is 0 Å². The molecule has 0 saturated heterocycles. The smallest absolute Gasteiger partial charge is 0.435 e. The van der Waals surface area contributed by atoms with E-state index in [-0.39, 0.29) is 6.61 Å². The van der Waals surface area contributed by atoms with Gasteiger partial charge in [0, 0.05) is 19.8 Å². The number of aliphatic imine (C=N–C) groups is 1. The maximum absolute atomic E-state index is 12.6. The Balaban J connectivity index is 2.02. The summed E-state index contributed by atoms with van der Waals surface area (Å²) in [5.74, 6) is 0.0532. The summed E-state index contributed by atoms with van der Waals surface area (Å²) in [5, 5.41) is 0. The van der Waals surface area contributed by atoms with Gasteiger partial charge in [0.25, 0.3) is 0 Å². The van der Waals surface area contributed by atoms with Crippen molar-refractivity contribution in [2.45, 2.75) is 6.54 Å². The highest BCUT2D eigenvalue weighted by Gasteiger charge is 2.18. The Bertz CT molecular complexity index is 430. The molecule has 0 aliphatic carbocycles. The second-order valence-electron chi connectivity index (χ2n) is 3.43. The molecule has 1 aliphatic heterocycles. The minimum absolute atomic E-state index is 0.184. The molecular weight excluding hydrogens is 213 g/mol. The molecule has 5 nitrogen and oxygen atoms in total. The number of carbonyl (C=O) groups excluding carboxylic acids is 1. The topological polar surface area (TPSA) is 54.8 Å². The van der Waals surface area contributed by atoms with E-state index in [1.807, 2.05) is 0 Å². The molecule has 0 fully saturated rings. The van der Waals surface area contributed by atoms with Crippen molar-refractivity contribution in [3.05, 3.63) is 29.8 Å². The maximum atomic E-state index is 12.6. The lowest BCUT2D eigenvalue weighted by Crippen LogP contribution is -2.27. The van der Waals surface area contributed by atoms with E-state index < -0.39 is 12.0 Å². The number of aromatic nitrogens is 1. The van der Waals surface area contributed by atoms with Crippen molar-refractivity contribution in [3.8, 4) is 0 Å². The van der Waals surface area contributed by atoms with E-state index in [2.05, 4.69) is 14.7 Å². The van der Waals surface area contributed by atoms with Crippen LogP contribution in [0.1, 0.15) is 5.56 Å². The molecule has 0 N–H and O–H groups in total. The van der Waals surface area contributed by atoms with Crippen molar-refractivity contribution in [3.63, 3.8) is 0 Å². The second kappa shape index (κ2) is 4.26. The minimum Gasteiger partial charge on any atom is -0.440 e. The fourth-order valence-electron chi connectivity index (χ4n) is 1.36. The van der Waals surface area contributed by atoms with Gasteiger partial charge in [0.1, 0.15) is 0 Å². The predicted octanol–water partition coefficient (Wildman–Crippen LogP) is 1.20. The average Bonchev–Trinajstić information content (AvgIpc) is 2.68. The van der Waals surface area contributed by atoms with Gasteiger partial charge in [-0.05, 0) is 11.6 Å². The number of amides is 1. The summed E-state index contributed by atoms with van der Waals surface area (Å²) < 4.78 is 17.2. The molecule has 1 aliphatic rings. The molecule has 0 radical (unpaired) electrons. The van der Waals surface area contributed by atoms with E-state index >= 15 is 0 Å². The normalized spacial score (nSPS) is 14.6. The zero-order valence-electron chi connectivity index (χ0n) is 8.68. The Morgan fingerprint density at radius 2 is 2.38 bits per heavy atom. The van der Waals surface area contributed by atoms with Gasteiger partial charge in [0.2, 0.25) is 5.95 Å². The molecule has 1 amide bonds. The van der Waals surface area contributed by atoms with E-state index in [9.17, 15) is 9.18 Å². The van der Waals surface area contributed by atoms with Crippen molar-refractivity contribution in [1.29, 1.82) is 0 Å². The van der Waals surface area contributed by atoms with Crippen LogP contribution in [-0.2, 0) is 11.3 Å². The Hall–Kier alpha value is -1.98. The highest BCUT2D eigenvalue weighted by atomic mass is 19.1. The quantitative estimate of drug-likeness (QED) is 0.707. The van der Waals surface area contributed by atoms with E-state index in [0.29, 0.717) is 12.4 Å². The van der Waals surface area contributed by atoms with Gasteiger partial charge in [0.05, 0.1) is 0 Å². The van der Waals surface area contributed by atoms with Crippen molar-refractivity contribution in [1.82, 2.24) is 9.88 Å². The molecule has 0 saturated carbocycles. The van der Waals surface area contributed by atoms with Gasteiger partial charge in [0.15, 0.2) is 12.4 Å². The highest BCUT2D eigenvalue weighted by molar-refractivity contribution is 5.97. The summed E-state index contributed by atoms with van der Waals surface area (Å²) in [4.78, 5) is 19.8. The van der Waals surface area contributed by atoms with E-state index in [4.69, 9.17) is 0 Å². The van der Waals surface area contributed by atoms with Crippen LogP contribution >= 0.6 is 0 Å². The molecule has 0 bridgehead atoms. The van der Waals surface area contributed by atoms with Gasteiger partial charge in [-0.25, -0.2) is 9.78 Å². The highest BCUT2D eigenvalue weighted by Crippen LogP contribution is 2.07. The number of halogens is 1. The first kappa shape index (κ1) is 10.5. The van der Waals surface area contributed by atoms with Gasteiger partial charge in [-0.2, -0.15) is 9.38 Å². The Kier molecular flexibility index (Phi) is 2.80. The van der Waals surface area contributed by atoms with Crippen LogP contribution in [0, 0.1) is 5.95 Å². The summed E-state index contributed by atoms with van der Waals surface area (Å²) >= 11 is 0. The third-order valence-corrected chi connectivity index (χ3v) is 2.19. The standard InChI is InChI=1S/C10H10FN3O2/c1-14(9-6-16-10(15)13-9)5-7-2-3-8(11)12-4-7/h2-4H,5-6H2,1H3. The Morgan fingerprint density at radius 3 is 2.94 bits per heavy atom. The van der Waals surface area contributed by atoms with Crippen molar-refractivity contribution < 1.29 is 13.9 Å². The first-order valence-electron chi connectivity index (χ1n) is 4.71. The lowest BCUT2D eigenvalue weighted by Gasteiger charge is -2.16. The number of cyclic esters (lactones) is 1. The SMILES string of the molecule is CN(Cc1ccc(F)nc1)C1=NC(=O)OC1. The largest absolute Gasteiger partial charge is 0.440 e. The molecule has 84 valence electrons. The van der Waals surface area contributed by atoms with Crippen LogP contribution in [0.5, 0.6) is 0 Å². The minimum atomic E-state index is -0.570. The summed E-state index contributed by atoms with van der Waals surface area (Å²) in [5.41, 5.74) is 0.839. The first-order chi connectivity index (χ1) is 7.65. The number of pyridine rings is 1. The Morgan fingerprint density at radius 1 is 1.56 bits per heavy atom. The summed E-state index contributed by atoms with van der Waals surface area (Å²) in [6.07, 6.45) is 0.878. The van der Waals surface area contributed by atoms with Gasteiger partial charge in [-0.15, -0.1) is 0 Å². The number of amidine groups is 1. The predicted molar refractivity (Wildman–Crippen MR) is 54.4 cm³/mol. The monoisotopic (exact) mass is 223 g/mol. The third kappa shape index (κ3) is 2.33. The van der Waals surface area contributed by atoms with Crippen LogP contribution in [0.3, 0.4) is 0 Å². The van der Waals surface area contributed by atoms with Crippen LogP contribution in [0.25, 0.3) is 0 Å². The van der Waals surface area contributed by atoms with Gasteiger partial charge >= 0.3 is 6.09 Å². The fraction of sp³-hybridized carbons (Fsp3) is 0.300. The number of hydrogen-bond acceptors (Lipinski definition) is 4. The molecule has 2 heterocycles. The molecule has 0 atom stereocenters. The lowest BCUT2D eigenvalue weighted by atomic mass is 10.2. The first-order valence-corrected chi connectivity index (χ1v) is 4.71. The van der Waals surface area contributed by atoms with Crippen molar-refractivity contribution >= 4 is 11.9 Å². The summed E-state index contributed by atoms with van der Waals surface area (Å²) in [7, 11) is 1.78. The maximum Gasteiger partial charge on any atom is 0.435 e. The van der Waals surface area contributed by atoms with E-state index in [1.54, 1.807) is 18.0 Å². The van der Waals surface area contributed by atoms with Crippen LogP contribution in [0.15, 0.2) is 23.3 Å². The molecule has 1 aromatic heterocycles. The number of likely N-dealkylation sites (N-methyl/N-ethyl adjacent to an activating group) is 1. The molecule has 2 rings (SSSR count). The van der Waals surface area contributed by atoms with E-state index in [1.165, 1.54) is 12.3 Å². The summed E-state index contributed by atoms with van der Waals surface area (Å²) in [6, 6.07) is 2.93. The zero-order chi connectivity index (χ0) is 11.5. The molecule has 6 heteroatoms. The molecule has 0 aromatic carbocycles. The van der Waals surface area contributed by atoms with Crippen LogP contribution in [-0.4, -0.2) is 35.5 Å². The lowest BCUT2D eigenvalue weighted by molar-refractivity contribution is 0.180. The number of rotatable bonds is 2. The number of carbonyl (C=O) groups is 1. The fourth-order valence-corrected chi connectivity index (χ4v) is 1.36. The van der Waals surface area contributed by atoms with Gasteiger partial charge in [-0.3, -0.25) is 0 Å². The molecule has 0 unspecified atom stereocenters. The third-order valence-electron chi connectivity index (χ3n) is 2.19. The van der Waals surface area contributed by atoms with Gasteiger partial charge in [-0.1, -0.05) is 6.07 Å².